The van der Waals surface area contributed by atoms with Crippen LogP contribution < -0.4 is 4.74 Å². The second kappa shape index (κ2) is 5.99. The largest absolute Gasteiger partial charge is 0.475 e. The van der Waals surface area contributed by atoms with Crippen molar-refractivity contribution in [3.05, 3.63) is 47.5 Å². The second-order valence-corrected chi connectivity index (χ2v) is 6.53. The summed E-state index contributed by atoms with van der Waals surface area (Å²) in [6, 6.07) is 3.85. The van der Waals surface area contributed by atoms with Crippen molar-refractivity contribution < 1.29 is 4.74 Å². The molecule has 0 spiro atoms. The molecule has 2 aromatic rings. The van der Waals surface area contributed by atoms with Crippen molar-refractivity contribution in [3.63, 3.8) is 0 Å². The lowest BCUT2D eigenvalue weighted by molar-refractivity contribution is 0.335. The van der Waals surface area contributed by atoms with E-state index in [1.165, 1.54) is 11.7 Å². The number of ether oxygens (including phenoxy) is 1. The monoisotopic (exact) mass is 291 g/mol. The molecule has 0 atom stereocenters. The van der Waals surface area contributed by atoms with Gasteiger partial charge in [-0.25, -0.2) is 10.9 Å². The molecule has 0 N–H and O–H groups in total. The zero-order valence-electron chi connectivity index (χ0n) is 10.1. The second-order valence-electron chi connectivity index (χ2n) is 3.93. The van der Waals surface area contributed by atoms with E-state index in [2.05, 4.69) is 36.7 Å². The third kappa shape index (κ3) is 3.02. The first-order valence-electron chi connectivity index (χ1n) is 5.90. The number of rotatable bonds is 5. The number of allylic oxidation sites excluding steroid dienone is 2. The highest BCUT2D eigenvalue weighted by molar-refractivity contribution is 8.22. The molecule has 0 fully saturated rings. The maximum absolute atomic E-state index is 5.75. The zero-order valence-corrected chi connectivity index (χ0v) is 11.8. The summed E-state index contributed by atoms with van der Waals surface area (Å²) in [5.74, 6) is 1.63. The van der Waals surface area contributed by atoms with E-state index in [0.717, 1.165) is 17.0 Å². The predicted octanol–water partition coefficient (Wildman–Crippen LogP) is 3.02. The first-order chi connectivity index (χ1) is 9.43. The Morgan fingerprint density at radius 1 is 1.21 bits per heavy atom. The molecular formula is C13H13N3OS2. The van der Waals surface area contributed by atoms with Gasteiger partial charge in [0, 0.05) is 23.7 Å². The van der Waals surface area contributed by atoms with Crippen LogP contribution in [0.1, 0.15) is 0 Å². The van der Waals surface area contributed by atoms with Gasteiger partial charge in [-0.3, -0.25) is 4.98 Å². The van der Waals surface area contributed by atoms with Gasteiger partial charge in [0.25, 0.3) is 5.88 Å². The molecule has 6 heteroatoms. The van der Waals surface area contributed by atoms with Crippen LogP contribution in [0.3, 0.4) is 0 Å². The summed E-state index contributed by atoms with van der Waals surface area (Å²) < 4.78 is 14.2. The summed E-state index contributed by atoms with van der Waals surface area (Å²) in [5.41, 5.74) is 1.72. The van der Waals surface area contributed by atoms with Gasteiger partial charge in [0.05, 0.1) is 18.3 Å². The highest BCUT2D eigenvalue weighted by Crippen LogP contribution is 2.33. The average Bonchev–Trinajstić information content (AvgIpc) is 3.11. The van der Waals surface area contributed by atoms with Crippen molar-refractivity contribution in [3.8, 4) is 17.1 Å². The van der Waals surface area contributed by atoms with Gasteiger partial charge in [-0.2, -0.15) is 4.37 Å². The van der Waals surface area contributed by atoms with Crippen molar-refractivity contribution in [1.29, 1.82) is 0 Å². The molecule has 0 saturated heterocycles. The van der Waals surface area contributed by atoms with Gasteiger partial charge in [0.15, 0.2) is 0 Å². The molecule has 0 unspecified atom stereocenters. The zero-order chi connectivity index (χ0) is 12.9. The molecule has 0 bridgehead atoms. The molecule has 3 heterocycles. The molecule has 4 nitrogen and oxygen atoms in total. The standard InChI is InChI=1S/C13H13N3OS2/c1-2-8-19(7-1)9-6-17-13-12(15-18-16-13)11-4-3-5-14-10-11/h1-5,7-8,10,19H,6,9H2. The quantitative estimate of drug-likeness (QED) is 0.860. The maximum atomic E-state index is 5.75. The number of thiol groups is 1. The molecule has 98 valence electrons. The minimum atomic E-state index is -0.134. The maximum Gasteiger partial charge on any atom is 0.254 e. The fourth-order valence-corrected chi connectivity index (χ4v) is 3.58. The first-order valence-corrected chi connectivity index (χ1v) is 8.29. The van der Waals surface area contributed by atoms with Crippen LogP contribution in [-0.2, 0) is 0 Å². The molecule has 1 aliphatic heterocycles. The highest BCUT2D eigenvalue weighted by atomic mass is 32.2. The summed E-state index contributed by atoms with van der Waals surface area (Å²) in [6.07, 6.45) is 7.70. The van der Waals surface area contributed by atoms with Gasteiger partial charge in [-0.05, 0) is 22.9 Å². The van der Waals surface area contributed by atoms with Gasteiger partial charge in [0.2, 0.25) is 0 Å². The van der Waals surface area contributed by atoms with Crippen LogP contribution in [0.4, 0.5) is 0 Å². The summed E-state index contributed by atoms with van der Waals surface area (Å²) >= 11 is 1.17. The van der Waals surface area contributed by atoms with E-state index >= 15 is 0 Å². The minimum Gasteiger partial charge on any atom is -0.475 e. The van der Waals surface area contributed by atoms with Crippen LogP contribution in [-0.4, -0.2) is 26.1 Å². The van der Waals surface area contributed by atoms with Crippen molar-refractivity contribution >= 4 is 22.6 Å². The Balaban J connectivity index is 1.64. The minimum absolute atomic E-state index is 0.134. The Morgan fingerprint density at radius 3 is 2.89 bits per heavy atom. The van der Waals surface area contributed by atoms with E-state index in [1.807, 2.05) is 12.1 Å². The summed E-state index contributed by atoms with van der Waals surface area (Å²) in [5, 5.41) is 4.47. The lowest BCUT2D eigenvalue weighted by Gasteiger charge is -2.10. The Kier molecular flexibility index (Phi) is 3.90. The van der Waals surface area contributed by atoms with Crippen molar-refractivity contribution in [1.82, 2.24) is 13.7 Å². The molecule has 1 aliphatic rings. The topological polar surface area (TPSA) is 47.9 Å². The normalized spacial score (nSPS) is 15.1. The van der Waals surface area contributed by atoms with E-state index in [9.17, 15) is 0 Å². The summed E-state index contributed by atoms with van der Waals surface area (Å²) in [4.78, 5) is 4.09. The van der Waals surface area contributed by atoms with Crippen molar-refractivity contribution in [2.45, 2.75) is 0 Å². The van der Waals surface area contributed by atoms with Crippen LogP contribution in [0.25, 0.3) is 11.3 Å². The molecule has 19 heavy (non-hydrogen) atoms. The van der Waals surface area contributed by atoms with Crippen LogP contribution >= 0.6 is 22.6 Å². The van der Waals surface area contributed by atoms with Crippen LogP contribution in [0, 0.1) is 0 Å². The van der Waals surface area contributed by atoms with Crippen LogP contribution in [0.2, 0.25) is 0 Å². The smallest absolute Gasteiger partial charge is 0.254 e. The fraction of sp³-hybridized carbons (Fsp3) is 0.154. The van der Waals surface area contributed by atoms with Crippen molar-refractivity contribution in [2.75, 3.05) is 12.4 Å². The number of pyridine rings is 1. The molecule has 0 aliphatic carbocycles. The molecular weight excluding hydrogens is 278 g/mol. The Bertz CT molecular complexity index is 583. The Hall–Kier alpha value is -1.66. The fourth-order valence-electron chi connectivity index (χ4n) is 1.72. The third-order valence-corrected chi connectivity index (χ3v) is 4.97. The van der Waals surface area contributed by atoms with E-state index in [4.69, 9.17) is 4.74 Å². The molecule has 2 aromatic heterocycles. The number of hydrogen-bond donors (Lipinski definition) is 1. The van der Waals surface area contributed by atoms with E-state index < -0.39 is 0 Å². The summed E-state index contributed by atoms with van der Waals surface area (Å²) in [7, 11) is -0.134. The number of aromatic nitrogens is 3. The Labute approximate surface area is 118 Å². The molecule has 0 radical (unpaired) electrons. The predicted molar refractivity (Wildman–Crippen MR) is 80.8 cm³/mol. The van der Waals surface area contributed by atoms with Gasteiger partial charge in [-0.15, -0.1) is 4.37 Å². The number of hydrogen-bond acceptors (Lipinski definition) is 5. The van der Waals surface area contributed by atoms with Gasteiger partial charge >= 0.3 is 0 Å². The van der Waals surface area contributed by atoms with Crippen LogP contribution in [0.15, 0.2) is 47.5 Å². The third-order valence-electron chi connectivity index (χ3n) is 2.65. The highest BCUT2D eigenvalue weighted by Gasteiger charge is 2.12. The Morgan fingerprint density at radius 2 is 2.11 bits per heavy atom. The molecule has 0 saturated carbocycles. The SMILES string of the molecule is C1=C[SH](CCOc2nsnc2-c2cccnc2)C=C1. The van der Waals surface area contributed by atoms with Gasteiger partial charge in [-0.1, -0.05) is 12.2 Å². The average molecular weight is 291 g/mol. The first kappa shape index (κ1) is 12.4. The van der Waals surface area contributed by atoms with Crippen molar-refractivity contribution in [2.24, 2.45) is 0 Å². The lowest BCUT2D eigenvalue weighted by Crippen LogP contribution is -2.02. The van der Waals surface area contributed by atoms with E-state index in [-0.39, 0.29) is 10.9 Å². The van der Waals surface area contributed by atoms with Crippen LogP contribution in [0.5, 0.6) is 5.88 Å². The van der Waals surface area contributed by atoms with E-state index in [1.54, 1.807) is 12.4 Å². The molecule has 0 aromatic carbocycles. The van der Waals surface area contributed by atoms with Gasteiger partial charge in [0.1, 0.15) is 5.69 Å². The van der Waals surface area contributed by atoms with E-state index in [0.29, 0.717) is 12.5 Å². The lowest BCUT2D eigenvalue weighted by atomic mass is 10.2. The summed E-state index contributed by atoms with van der Waals surface area (Å²) in [6.45, 7) is 0.666. The number of nitrogens with zero attached hydrogens (tertiary/aromatic N) is 3. The molecule has 0 amide bonds. The van der Waals surface area contributed by atoms with Gasteiger partial charge < -0.3 is 4.74 Å². The molecule has 3 rings (SSSR count).